The Hall–Kier alpha value is -3.28. The number of Topliss-reactive ketones (excluding diaryl/α,β-unsaturated/α-hetero) is 1. The summed E-state index contributed by atoms with van der Waals surface area (Å²) in [6, 6.07) is 13.9. The lowest BCUT2D eigenvalue weighted by atomic mass is 9.96. The first-order chi connectivity index (χ1) is 13.0. The van der Waals surface area contributed by atoms with Gasteiger partial charge in [0.25, 0.3) is 5.91 Å². The summed E-state index contributed by atoms with van der Waals surface area (Å²) in [6.45, 7) is 1.61. The molecule has 1 atom stereocenters. The van der Waals surface area contributed by atoms with E-state index in [-0.39, 0.29) is 17.9 Å². The zero-order valence-corrected chi connectivity index (χ0v) is 15.4. The molecule has 0 radical (unpaired) electrons. The summed E-state index contributed by atoms with van der Waals surface area (Å²) in [5.41, 5.74) is 1.64. The number of nitrogens with zero attached hydrogens (tertiary/aromatic N) is 1. The lowest BCUT2D eigenvalue weighted by molar-refractivity contribution is -0.130. The Balaban J connectivity index is 2.08. The van der Waals surface area contributed by atoms with Gasteiger partial charge in [-0.05, 0) is 30.2 Å². The smallest absolute Gasteiger partial charge is 0.290 e. The molecule has 3 rings (SSSR count). The van der Waals surface area contributed by atoms with E-state index in [2.05, 4.69) is 0 Å². The van der Waals surface area contributed by atoms with Gasteiger partial charge in [0.05, 0.1) is 25.8 Å². The SMILES string of the molecule is COc1ccc([C@H]2C(C(C)=O)=C(O)C(=O)N2Cc2ccccc2)cc1OC. The van der Waals surface area contributed by atoms with Gasteiger partial charge in [-0.2, -0.15) is 0 Å². The van der Waals surface area contributed by atoms with Gasteiger partial charge in [-0.3, -0.25) is 9.59 Å². The maximum absolute atomic E-state index is 12.7. The number of rotatable bonds is 6. The van der Waals surface area contributed by atoms with E-state index < -0.39 is 17.7 Å². The summed E-state index contributed by atoms with van der Waals surface area (Å²) in [6.07, 6.45) is 0. The van der Waals surface area contributed by atoms with Crippen LogP contribution >= 0.6 is 0 Å². The van der Waals surface area contributed by atoms with E-state index in [1.165, 1.54) is 26.0 Å². The molecule has 1 heterocycles. The van der Waals surface area contributed by atoms with Crippen molar-refractivity contribution in [1.29, 1.82) is 0 Å². The normalized spacial score (nSPS) is 16.6. The second kappa shape index (κ2) is 7.53. The van der Waals surface area contributed by atoms with Crippen molar-refractivity contribution in [3.63, 3.8) is 0 Å². The van der Waals surface area contributed by atoms with Gasteiger partial charge in [0.15, 0.2) is 23.0 Å². The molecule has 6 heteroatoms. The Morgan fingerprint density at radius 1 is 1.07 bits per heavy atom. The first kappa shape index (κ1) is 18.5. The lowest BCUT2D eigenvalue weighted by Gasteiger charge is -2.27. The Morgan fingerprint density at radius 2 is 1.74 bits per heavy atom. The van der Waals surface area contributed by atoms with Crippen LogP contribution in [0.15, 0.2) is 59.9 Å². The summed E-state index contributed by atoms with van der Waals surface area (Å²) < 4.78 is 10.6. The van der Waals surface area contributed by atoms with Crippen molar-refractivity contribution in [3.05, 3.63) is 71.0 Å². The molecule has 0 unspecified atom stereocenters. The van der Waals surface area contributed by atoms with Crippen LogP contribution in [0.4, 0.5) is 0 Å². The van der Waals surface area contributed by atoms with Crippen molar-refractivity contribution in [2.75, 3.05) is 14.2 Å². The molecule has 27 heavy (non-hydrogen) atoms. The third kappa shape index (κ3) is 3.38. The molecule has 0 bridgehead atoms. The fourth-order valence-corrected chi connectivity index (χ4v) is 3.33. The van der Waals surface area contributed by atoms with E-state index in [1.54, 1.807) is 18.2 Å². The Kier molecular flexibility index (Phi) is 5.16. The number of hydrogen-bond donors (Lipinski definition) is 1. The highest BCUT2D eigenvalue weighted by molar-refractivity contribution is 6.08. The highest BCUT2D eigenvalue weighted by Crippen LogP contribution is 2.41. The lowest BCUT2D eigenvalue weighted by Crippen LogP contribution is -2.30. The molecule has 1 N–H and O–H groups in total. The molecule has 6 nitrogen and oxygen atoms in total. The fraction of sp³-hybridized carbons (Fsp3) is 0.238. The molecule has 1 amide bonds. The van der Waals surface area contributed by atoms with Gasteiger partial charge in [0, 0.05) is 6.54 Å². The van der Waals surface area contributed by atoms with Crippen molar-refractivity contribution in [3.8, 4) is 11.5 Å². The highest BCUT2D eigenvalue weighted by atomic mass is 16.5. The number of benzene rings is 2. The number of amides is 1. The van der Waals surface area contributed by atoms with E-state index in [1.807, 2.05) is 30.3 Å². The third-order valence-corrected chi connectivity index (χ3v) is 4.60. The first-order valence-electron chi connectivity index (χ1n) is 8.48. The molecule has 2 aromatic rings. The molecule has 2 aromatic carbocycles. The monoisotopic (exact) mass is 367 g/mol. The van der Waals surface area contributed by atoms with Gasteiger partial charge in [0.1, 0.15) is 0 Å². The number of carbonyl (C=O) groups excluding carboxylic acids is 2. The van der Waals surface area contributed by atoms with Gasteiger partial charge < -0.3 is 19.5 Å². The minimum Gasteiger partial charge on any atom is -0.503 e. The van der Waals surface area contributed by atoms with Crippen LogP contribution in [0, 0.1) is 0 Å². The summed E-state index contributed by atoms with van der Waals surface area (Å²) in [7, 11) is 3.05. The molecule has 140 valence electrons. The molecule has 1 aliphatic rings. The van der Waals surface area contributed by atoms with Crippen LogP contribution < -0.4 is 9.47 Å². The molecule has 0 aromatic heterocycles. The van der Waals surface area contributed by atoms with Gasteiger partial charge >= 0.3 is 0 Å². The second-order valence-corrected chi connectivity index (χ2v) is 6.25. The van der Waals surface area contributed by atoms with Crippen LogP contribution in [-0.4, -0.2) is 35.9 Å². The number of ketones is 1. The molecule has 0 saturated heterocycles. The van der Waals surface area contributed by atoms with Gasteiger partial charge in [-0.25, -0.2) is 0 Å². The summed E-state index contributed by atoms with van der Waals surface area (Å²) >= 11 is 0. The van der Waals surface area contributed by atoms with Crippen LogP contribution in [-0.2, 0) is 16.1 Å². The van der Waals surface area contributed by atoms with Crippen molar-refractivity contribution in [2.45, 2.75) is 19.5 Å². The van der Waals surface area contributed by atoms with Crippen molar-refractivity contribution in [2.24, 2.45) is 0 Å². The van der Waals surface area contributed by atoms with Crippen molar-refractivity contribution in [1.82, 2.24) is 4.90 Å². The maximum Gasteiger partial charge on any atom is 0.290 e. The van der Waals surface area contributed by atoms with Crippen molar-refractivity contribution >= 4 is 11.7 Å². The molecular weight excluding hydrogens is 346 g/mol. The van der Waals surface area contributed by atoms with E-state index in [4.69, 9.17) is 9.47 Å². The molecule has 0 fully saturated rings. The highest BCUT2D eigenvalue weighted by Gasteiger charge is 2.42. The number of ether oxygens (including phenoxy) is 2. The van der Waals surface area contributed by atoms with Gasteiger partial charge in [0.2, 0.25) is 0 Å². The van der Waals surface area contributed by atoms with Gasteiger partial charge in [-0.1, -0.05) is 36.4 Å². The predicted octanol–water partition coefficient (Wildman–Crippen LogP) is 3.19. The summed E-state index contributed by atoms with van der Waals surface area (Å²) in [5, 5.41) is 10.3. The standard InChI is InChI=1S/C21H21NO5/c1-13(23)18-19(15-9-10-16(26-2)17(11-15)27-3)22(21(25)20(18)24)12-14-7-5-4-6-8-14/h4-11,19,24H,12H2,1-3H3/t19-/m0/s1. The van der Waals surface area contributed by atoms with Crippen LogP contribution in [0.5, 0.6) is 11.5 Å². The summed E-state index contributed by atoms with van der Waals surface area (Å²) in [4.78, 5) is 26.4. The Morgan fingerprint density at radius 3 is 2.33 bits per heavy atom. The number of carbonyl (C=O) groups is 2. The Bertz CT molecular complexity index is 904. The van der Waals surface area contributed by atoms with Crippen molar-refractivity contribution < 1.29 is 24.2 Å². The molecular formula is C21H21NO5. The zero-order chi connectivity index (χ0) is 19.6. The van der Waals surface area contributed by atoms with E-state index in [9.17, 15) is 14.7 Å². The third-order valence-electron chi connectivity index (χ3n) is 4.60. The molecule has 0 aliphatic carbocycles. The number of hydrogen-bond acceptors (Lipinski definition) is 5. The number of aliphatic hydroxyl groups is 1. The number of aliphatic hydroxyl groups excluding tert-OH is 1. The minimum atomic E-state index is -0.699. The quantitative estimate of drug-likeness (QED) is 0.849. The van der Waals surface area contributed by atoms with E-state index >= 15 is 0 Å². The molecule has 0 saturated carbocycles. The average Bonchev–Trinajstić information content (AvgIpc) is 2.93. The van der Waals surface area contributed by atoms with Crippen LogP contribution in [0.25, 0.3) is 0 Å². The van der Waals surface area contributed by atoms with E-state index in [0.717, 1.165) is 5.56 Å². The molecule has 0 spiro atoms. The minimum absolute atomic E-state index is 0.0863. The predicted molar refractivity (Wildman–Crippen MR) is 99.6 cm³/mol. The van der Waals surface area contributed by atoms with Crippen LogP contribution in [0.1, 0.15) is 24.1 Å². The fourth-order valence-electron chi connectivity index (χ4n) is 3.33. The Labute approximate surface area is 157 Å². The van der Waals surface area contributed by atoms with E-state index in [0.29, 0.717) is 17.1 Å². The zero-order valence-electron chi connectivity index (χ0n) is 15.4. The maximum atomic E-state index is 12.7. The van der Waals surface area contributed by atoms with Gasteiger partial charge in [-0.15, -0.1) is 0 Å². The first-order valence-corrected chi connectivity index (χ1v) is 8.48. The summed E-state index contributed by atoms with van der Waals surface area (Å²) in [5.74, 6) is -0.396. The van der Waals surface area contributed by atoms with Crippen LogP contribution in [0.3, 0.4) is 0 Å². The topological polar surface area (TPSA) is 76.1 Å². The molecule has 1 aliphatic heterocycles. The second-order valence-electron chi connectivity index (χ2n) is 6.25. The average molecular weight is 367 g/mol. The van der Waals surface area contributed by atoms with Crippen LogP contribution in [0.2, 0.25) is 0 Å². The number of methoxy groups -OCH3 is 2. The largest absolute Gasteiger partial charge is 0.503 e.